The van der Waals surface area contributed by atoms with Crippen molar-refractivity contribution in [1.82, 2.24) is 5.32 Å². The van der Waals surface area contributed by atoms with Crippen molar-refractivity contribution >= 4 is 17.7 Å². The molecule has 0 unspecified atom stereocenters. The zero-order chi connectivity index (χ0) is 18.6. The second-order valence-corrected chi connectivity index (χ2v) is 6.71. The molecule has 0 saturated heterocycles. The van der Waals surface area contributed by atoms with Crippen LogP contribution in [0.25, 0.3) is 0 Å². The fourth-order valence-corrected chi connectivity index (χ4v) is 2.22. The molecule has 0 aromatic heterocycles. The van der Waals surface area contributed by atoms with Crippen LogP contribution in [-0.4, -0.2) is 30.4 Å². The number of nitrogens with one attached hydrogen (secondary N) is 2. The molecule has 7 heteroatoms. The molecule has 1 aliphatic heterocycles. The van der Waals surface area contributed by atoms with E-state index in [2.05, 4.69) is 17.2 Å². The third kappa shape index (κ3) is 5.14. The molecule has 1 heterocycles. The minimum atomic E-state index is -0.767. The number of benzene rings is 1. The van der Waals surface area contributed by atoms with Gasteiger partial charge in [-0.25, -0.2) is 4.79 Å². The summed E-state index contributed by atoms with van der Waals surface area (Å²) in [6.45, 7) is 10.7. The summed E-state index contributed by atoms with van der Waals surface area (Å²) in [5, 5.41) is 5.31. The Kier molecular flexibility index (Phi) is 5.56. The first kappa shape index (κ1) is 18.6. The van der Waals surface area contributed by atoms with Crippen molar-refractivity contribution in [3.63, 3.8) is 0 Å². The number of rotatable bonds is 5. The van der Waals surface area contributed by atoms with Gasteiger partial charge in [-0.15, -0.1) is 6.58 Å². The molecule has 25 heavy (non-hydrogen) atoms. The third-order valence-corrected chi connectivity index (χ3v) is 3.35. The van der Waals surface area contributed by atoms with Crippen molar-refractivity contribution in [1.29, 1.82) is 0 Å². The summed E-state index contributed by atoms with van der Waals surface area (Å²) in [5.41, 5.74) is 0.804. The first-order valence-corrected chi connectivity index (χ1v) is 8.03. The Hall–Kier alpha value is -2.70. The van der Waals surface area contributed by atoms with E-state index in [9.17, 15) is 9.59 Å². The lowest BCUT2D eigenvalue weighted by Gasteiger charge is -2.22. The highest BCUT2D eigenvalue weighted by molar-refractivity contribution is 5.97. The molecule has 0 fully saturated rings. The highest BCUT2D eigenvalue weighted by atomic mass is 16.7. The van der Waals surface area contributed by atoms with Gasteiger partial charge in [0.15, 0.2) is 11.5 Å². The summed E-state index contributed by atoms with van der Waals surface area (Å²) in [6.07, 6.45) is 1.64. The van der Waals surface area contributed by atoms with Gasteiger partial charge in [-0.1, -0.05) is 6.08 Å². The Bertz CT molecular complexity index is 679. The molecule has 0 bridgehead atoms. The van der Waals surface area contributed by atoms with Crippen molar-refractivity contribution in [2.24, 2.45) is 0 Å². The number of amides is 2. The van der Waals surface area contributed by atoms with E-state index in [1.165, 1.54) is 0 Å². The lowest BCUT2D eigenvalue weighted by atomic mass is 10.1. The summed E-state index contributed by atoms with van der Waals surface area (Å²) in [6, 6.07) is 2.75. The lowest BCUT2D eigenvalue weighted by Crippen LogP contribution is -2.44. The summed E-state index contributed by atoms with van der Waals surface area (Å²) in [7, 11) is 0. The Morgan fingerprint density at radius 3 is 2.56 bits per heavy atom. The normalized spacial score (nSPS) is 13.8. The van der Waals surface area contributed by atoms with Gasteiger partial charge in [0, 0.05) is 11.8 Å². The molecular formula is C18H24N2O5. The minimum absolute atomic E-state index is 0.150. The number of fused-ring (bicyclic) bond motifs is 1. The maximum atomic E-state index is 12.4. The van der Waals surface area contributed by atoms with Gasteiger partial charge in [-0.05, 0) is 45.7 Å². The van der Waals surface area contributed by atoms with Gasteiger partial charge in [-0.3, -0.25) is 4.79 Å². The molecule has 2 N–H and O–H groups in total. The molecule has 1 atom stereocenters. The van der Waals surface area contributed by atoms with Crippen LogP contribution in [0.2, 0.25) is 0 Å². The zero-order valence-electron chi connectivity index (χ0n) is 15.0. The number of carbonyl (C=O) groups is 2. The van der Waals surface area contributed by atoms with Gasteiger partial charge in [-0.2, -0.15) is 0 Å². The quantitative estimate of drug-likeness (QED) is 0.799. The number of allylic oxidation sites excluding steroid dienone is 1. The van der Waals surface area contributed by atoms with Gasteiger partial charge in [0.1, 0.15) is 11.6 Å². The molecule has 1 aromatic carbocycles. The van der Waals surface area contributed by atoms with Crippen LogP contribution in [0.1, 0.15) is 33.3 Å². The van der Waals surface area contributed by atoms with Gasteiger partial charge in [0.25, 0.3) is 0 Å². The van der Waals surface area contributed by atoms with Crippen molar-refractivity contribution < 1.29 is 23.8 Å². The fraction of sp³-hybridized carbons (Fsp3) is 0.444. The van der Waals surface area contributed by atoms with Crippen LogP contribution in [-0.2, 0) is 16.0 Å². The molecule has 2 rings (SSSR count). The van der Waals surface area contributed by atoms with Gasteiger partial charge >= 0.3 is 6.09 Å². The third-order valence-electron chi connectivity index (χ3n) is 3.35. The van der Waals surface area contributed by atoms with Crippen molar-refractivity contribution in [3.05, 3.63) is 30.4 Å². The average molecular weight is 348 g/mol. The van der Waals surface area contributed by atoms with Gasteiger partial charge in [0.2, 0.25) is 12.7 Å². The first-order chi connectivity index (χ1) is 11.7. The standard InChI is InChI=1S/C18H24N2O5/c1-6-7-12-8-14-15(24-10-23-14)9-13(12)20-16(21)11(2)19-17(22)25-18(3,4)5/h6,8-9,11H,1,7,10H2,2-5H3,(H,19,22)(H,20,21)/t11-/m0/s1. The predicted molar refractivity (Wildman–Crippen MR) is 93.9 cm³/mol. The number of alkyl carbamates (subject to hydrolysis) is 1. The van der Waals surface area contributed by atoms with Crippen LogP contribution >= 0.6 is 0 Å². The Balaban J connectivity index is 2.06. The second-order valence-electron chi connectivity index (χ2n) is 6.71. The number of anilines is 1. The van der Waals surface area contributed by atoms with Crippen LogP contribution in [0.5, 0.6) is 11.5 Å². The molecule has 7 nitrogen and oxygen atoms in total. The first-order valence-electron chi connectivity index (χ1n) is 8.03. The number of ether oxygens (including phenoxy) is 3. The minimum Gasteiger partial charge on any atom is -0.454 e. The SMILES string of the molecule is C=CCc1cc2c(cc1NC(=O)[C@H](C)NC(=O)OC(C)(C)C)OCO2. The molecule has 0 aliphatic carbocycles. The lowest BCUT2D eigenvalue weighted by molar-refractivity contribution is -0.117. The molecular weight excluding hydrogens is 324 g/mol. The van der Waals surface area contributed by atoms with Crippen molar-refractivity contribution in [2.75, 3.05) is 12.1 Å². The second kappa shape index (κ2) is 7.46. The van der Waals surface area contributed by atoms with Crippen molar-refractivity contribution in [2.45, 2.75) is 45.8 Å². The number of hydrogen-bond acceptors (Lipinski definition) is 5. The monoisotopic (exact) mass is 348 g/mol. The average Bonchev–Trinajstić information content (AvgIpc) is 2.92. The summed E-state index contributed by atoms with van der Waals surface area (Å²) >= 11 is 0. The van der Waals surface area contributed by atoms with Crippen LogP contribution in [0, 0.1) is 0 Å². The van der Waals surface area contributed by atoms with Crippen molar-refractivity contribution in [3.8, 4) is 11.5 Å². The zero-order valence-corrected chi connectivity index (χ0v) is 15.0. The van der Waals surface area contributed by atoms with E-state index in [4.69, 9.17) is 14.2 Å². The molecule has 2 amide bonds. The van der Waals surface area contributed by atoms with E-state index in [-0.39, 0.29) is 12.7 Å². The summed E-state index contributed by atoms with van der Waals surface area (Å²) in [4.78, 5) is 24.2. The molecule has 0 spiro atoms. The van der Waals surface area contributed by atoms with E-state index in [1.807, 2.05) is 6.07 Å². The van der Waals surface area contributed by atoms with Gasteiger partial charge in [0.05, 0.1) is 0 Å². The van der Waals surface area contributed by atoms with Gasteiger partial charge < -0.3 is 24.8 Å². The Morgan fingerprint density at radius 1 is 1.32 bits per heavy atom. The highest BCUT2D eigenvalue weighted by Gasteiger charge is 2.23. The molecule has 0 radical (unpaired) electrons. The number of carbonyl (C=O) groups excluding carboxylic acids is 2. The fourth-order valence-electron chi connectivity index (χ4n) is 2.22. The maximum Gasteiger partial charge on any atom is 0.408 e. The van der Waals surface area contributed by atoms with Crippen LogP contribution in [0.15, 0.2) is 24.8 Å². The topological polar surface area (TPSA) is 85.9 Å². The van der Waals surface area contributed by atoms with Crippen LogP contribution in [0.4, 0.5) is 10.5 Å². The van der Waals surface area contributed by atoms with E-state index in [0.29, 0.717) is 23.6 Å². The Labute approximate surface area is 147 Å². The maximum absolute atomic E-state index is 12.4. The highest BCUT2D eigenvalue weighted by Crippen LogP contribution is 2.37. The molecule has 136 valence electrons. The van der Waals surface area contributed by atoms with Crippen LogP contribution < -0.4 is 20.1 Å². The van der Waals surface area contributed by atoms with E-state index in [0.717, 1.165) is 5.56 Å². The van der Waals surface area contributed by atoms with Crippen LogP contribution in [0.3, 0.4) is 0 Å². The Morgan fingerprint density at radius 2 is 1.96 bits per heavy atom. The number of hydrogen-bond donors (Lipinski definition) is 2. The summed E-state index contributed by atoms with van der Waals surface area (Å²) < 4.78 is 15.8. The molecule has 0 saturated carbocycles. The van der Waals surface area contributed by atoms with E-state index < -0.39 is 17.7 Å². The molecule has 1 aliphatic rings. The van der Waals surface area contributed by atoms with E-state index in [1.54, 1.807) is 39.8 Å². The molecule has 1 aromatic rings. The smallest absolute Gasteiger partial charge is 0.408 e. The largest absolute Gasteiger partial charge is 0.454 e. The summed E-state index contributed by atoms with van der Waals surface area (Å²) in [5.74, 6) is 0.834. The van der Waals surface area contributed by atoms with E-state index >= 15 is 0 Å². The predicted octanol–water partition coefficient (Wildman–Crippen LogP) is 3.00.